The lowest BCUT2D eigenvalue weighted by Gasteiger charge is -2.12. The molecule has 0 radical (unpaired) electrons. The van der Waals surface area contributed by atoms with Crippen LogP contribution in [0.1, 0.15) is 19.4 Å². The van der Waals surface area contributed by atoms with Crippen molar-refractivity contribution in [3.8, 4) is 11.5 Å². The minimum Gasteiger partial charge on any atom is -0.504 e. The smallest absolute Gasteiger partial charge is 0.188 e. The van der Waals surface area contributed by atoms with Crippen molar-refractivity contribution in [3.05, 3.63) is 23.8 Å². The Balaban J connectivity index is 0. The average molecular weight is 311 g/mol. The molecule has 0 amide bonds. The molecule has 1 aromatic rings. The number of aliphatic imine (C=N–C) groups is 1. The van der Waals surface area contributed by atoms with Crippen LogP contribution in [0.4, 0.5) is 0 Å². The first-order valence-corrected chi connectivity index (χ1v) is 7.06. The lowest BCUT2D eigenvalue weighted by Crippen LogP contribution is -2.27. The van der Waals surface area contributed by atoms with E-state index in [1.807, 2.05) is 13.8 Å². The Labute approximate surface area is 133 Å². The summed E-state index contributed by atoms with van der Waals surface area (Å²) < 4.78 is 0. The highest BCUT2D eigenvalue weighted by atomic mass is 16.3. The van der Waals surface area contributed by atoms with Crippen molar-refractivity contribution < 1.29 is 10.2 Å². The Morgan fingerprint density at radius 1 is 1.41 bits per heavy atom. The Morgan fingerprint density at radius 3 is 2.41 bits per heavy atom. The van der Waals surface area contributed by atoms with E-state index in [4.69, 9.17) is 11.1 Å². The number of guanidine groups is 1. The number of likely N-dealkylation sites (N-methyl/N-ethyl adjacent to an activating group) is 1. The molecule has 0 heterocycles. The zero-order valence-corrected chi connectivity index (χ0v) is 14.1. The molecule has 0 aliphatic carbocycles. The van der Waals surface area contributed by atoms with E-state index in [-0.39, 0.29) is 11.5 Å². The zero-order valence-electron chi connectivity index (χ0n) is 14.1. The maximum Gasteiger partial charge on any atom is 0.188 e. The zero-order chi connectivity index (χ0) is 17.5. The summed E-state index contributed by atoms with van der Waals surface area (Å²) in [6, 6.07) is 4.89. The maximum atomic E-state index is 9.46. The highest BCUT2D eigenvalue weighted by Gasteiger charge is 2.05. The van der Waals surface area contributed by atoms with Crippen LogP contribution in [0, 0.1) is 5.41 Å². The predicted octanol–water partition coefficient (Wildman–Crippen LogP) is 1.36. The number of nitrogens with zero attached hydrogens (tertiary/aromatic N) is 2. The van der Waals surface area contributed by atoms with Crippen molar-refractivity contribution >= 4 is 12.3 Å². The molecule has 0 bridgehead atoms. The molecule has 1 rings (SSSR count). The van der Waals surface area contributed by atoms with Crippen molar-refractivity contribution in [2.24, 2.45) is 10.7 Å². The largest absolute Gasteiger partial charge is 0.504 e. The first-order valence-electron chi connectivity index (χ1n) is 7.06. The van der Waals surface area contributed by atoms with Crippen LogP contribution >= 0.6 is 0 Å². The van der Waals surface area contributed by atoms with Crippen LogP contribution in [0.5, 0.6) is 11.5 Å². The minimum atomic E-state index is -0.0972. The molecule has 0 fully saturated rings. The fourth-order valence-electron chi connectivity index (χ4n) is 1.25. The standard InChI is InChI=1S/C10H14N2O2.C3H9N3.C2H6/c1-12(7-11)6-5-8-3-2-4-9(13)10(8)14;1-5-3(4)6-2;1-2/h2-4,7,11,13-14H,5-6H2,1H3;1-2H3,(H3,4,5,6);1-2H3. The number of benzene rings is 1. The topological polar surface area (TPSA) is 118 Å². The molecule has 0 aliphatic rings. The third-order valence-corrected chi connectivity index (χ3v) is 2.55. The van der Waals surface area contributed by atoms with Gasteiger partial charge in [-0.2, -0.15) is 0 Å². The van der Waals surface area contributed by atoms with Gasteiger partial charge in [0.1, 0.15) is 0 Å². The molecule has 7 heteroatoms. The number of hydrogen-bond acceptors (Lipinski definition) is 4. The Kier molecular flexibility index (Phi) is 13.4. The van der Waals surface area contributed by atoms with Crippen LogP contribution in [0.15, 0.2) is 23.2 Å². The molecule has 0 atom stereocenters. The van der Waals surface area contributed by atoms with Gasteiger partial charge in [0.05, 0.1) is 6.34 Å². The lowest BCUT2D eigenvalue weighted by molar-refractivity contribution is 0.397. The Hall–Kier alpha value is -2.44. The highest BCUT2D eigenvalue weighted by Crippen LogP contribution is 2.28. The summed E-state index contributed by atoms with van der Waals surface area (Å²) in [4.78, 5) is 5.29. The van der Waals surface area contributed by atoms with Gasteiger partial charge in [-0.05, 0) is 18.1 Å². The maximum absolute atomic E-state index is 9.46. The van der Waals surface area contributed by atoms with Crippen LogP contribution < -0.4 is 11.1 Å². The summed E-state index contributed by atoms with van der Waals surface area (Å²) >= 11 is 0. The number of nitrogens with two attached hydrogens (primary N) is 1. The number of hydrogen-bond donors (Lipinski definition) is 5. The van der Waals surface area contributed by atoms with E-state index < -0.39 is 0 Å². The van der Waals surface area contributed by atoms with Gasteiger partial charge >= 0.3 is 0 Å². The van der Waals surface area contributed by atoms with E-state index in [9.17, 15) is 10.2 Å². The van der Waals surface area contributed by atoms with E-state index >= 15 is 0 Å². The molecule has 0 aromatic heterocycles. The fourth-order valence-corrected chi connectivity index (χ4v) is 1.25. The van der Waals surface area contributed by atoms with Crippen molar-refractivity contribution in [1.29, 1.82) is 5.41 Å². The van der Waals surface area contributed by atoms with Crippen LogP contribution in [0.25, 0.3) is 0 Å². The summed E-state index contributed by atoms with van der Waals surface area (Å²) in [5.74, 6) is 0.306. The number of phenols is 2. The summed E-state index contributed by atoms with van der Waals surface area (Å²) in [6.45, 7) is 4.64. The van der Waals surface area contributed by atoms with Gasteiger partial charge in [-0.3, -0.25) is 10.4 Å². The van der Waals surface area contributed by atoms with Crippen LogP contribution in [-0.2, 0) is 6.42 Å². The van der Waals surface area contributed by atoms with Gasteiger partial charge in [-0.1, -0.05) is 26.0 Å². The quantitative estimate of drug-likeness (QED) is 0.327. The van der Waals surface area contributed by atoms with Crippen molar-refractivity contribution in [2.45, 2.75) is 20.3 Å². The SMILES string of the molecule is CC.CN(C=N)CCc1cccc(O)c1O.CN=C(N)NC. The van der Waals surface area contributed by atoms with E-state index in [0.29, 0.717) is 24.5 Å². The second kappa shape index (κ2) is 13.5. The van der Waals surface area contributed by atoms with Gasteiger partial charge < -0.3 is 26.2 Å². The lowest BCUT2D eigenvalue weighted by atomic mass is 10.1. The number of nitrogens with one attached hydrogen (secondary N) is 2. The number of rotatable bonds is 4. The fraction of sp³-hybridized carbons (Fsp3) is 0.467. The summed E-state index contributed by atoms with van der Waals surface area (Å²) in [7, 11) is 5.14. The molecule has 1 aromatic carbocycles. The van der Waals surface area contributed by atoms with Crippen LogP contribution in [-0.4, -0.2) is 55.1 Å². The molecule has 0 saturated carbocycles. The molecular formula is C15H29N5O2. The molecule has 6 N–H and O–H groups in total. The van der Waals surface area contributed by atoms with E-state index in [1.165, 1.54) is 12.4 Å². The first kappa shape index (κ1) is 21.9. The minimum absolute atomic E-state index is 0.0640. The van der Waals surface area contributed by atoms with Crippen LogP contribution in [0.2, 0.25) is 0 Å². The van der Waals surface area contributed by atoms with Gasteiger partial charge in [0, 0.05) is 27.7 Å². The third-order valence-electron chi connectivity index (χ3n) is 2.55. The van der Waals surface area contributed by atoms with Gasteiger partial charge in [0.2, 0.25) is 0 Å². The predicted molar refractivity (Wildman–Crippen MR) is 92.8 cm³/mol. The van der Waals surface area contributed by atoms with E-state index in [1.54, 1.807) is 38.2 Å². The molecule has 126 valence electrons. The van der Waals surface area contributed by atoms with Crippen molar-refractivity contribution in [1.82, 2.24) is 10.2 Å². The average Bonchev–Trinajstić information content (AvgIpc) is 2.57. The second-order valence-electron chi connectivity index (χ2n) is 4.00. The molecule has 0 saturated heterocycles. The van der Waals surface area contributed by atoms with E-state index in [2.05, 4.69) is 10.3 Å². The first-order chi connectivity index (χ1) is 10.5. The molecule has 0 spiro atoms. The summed E-state index contributed by atoms with van der Waals surface area (Å²) in [6.07, 6.45) is 1.83. The number of aromatic hydroxyl groups is 2. The third kappa shape index (κ3) is 9.46. The monoisotopic (exact) mass is 311 g/mol. The van der Waals surface area contributed by atoms with Crippen molar-refractivity contribution in [3.63, 3.8) is 0 Å². The Bertz CT molecular complexity index is 450. The molecule has 0 aliphatic heterocycles. The number of phenolic OH excluding ortho intramolecular Hbond substituents is 2. The normalized spacial score (nSPS) is 9.59. The molecule has 7 nitrogen and oxygen atoms in total. The summed E-state index contributed by atoms with van der Waals surface area (Å²) in [5, 5.41) is 28.3. The van der Waals surface area contributed by atoms with Crippen LogP contribution in [0.3, 0.4) is 0 Å². The highest BCUT2D eigenvalue weighted by molar-refractivity contribution is 5.77. The molecule has 0 unspecified atom stereocenters. The number of para-hydroxylation sites is 1. The van der Waals surface area contributed by atoms with E-state index in [0.717, 1.165) is 0 Å². The Morgan fingerprint density at radius 2 is 2.00 bits per heavy atom. The molecular weight excluding hydrogens is 282 g/mol. The van der Waals surface area contributed by atoms with Gasteiger partial charge in [0.25, 0.3) is 0 Å². The van der Waals surface area contributed by atoms with Gasteiger partial charge in [0.15, 0.2) is 17.5 Å². The summed E-state index contributed by atoms with van der Waals surface area (Å²) in [5.41, 5.74) is 5.80. The van der Waals surface area contributed by atoms with Gasteiger partial charge in [-0.15, -0.1) is 0 Å². The van der Waals surface area contributed by atoms with Crippen molar-refractivity contribution in [2.75, 3.05) is 27.7 Å². The second-order valence-corrected chi connectivity index (χ2v) is 4.00. The van der Waals surface area contributed by atoms with Gasteiger partial charge in [-0.25, -0.2) is 0 Å². The molecule has 22 heavy (non-hydrogen) atoms.